The van der Waals surface area contributed by atoms with Crippen LogP contribution in [0.15, 0.2) is 60.7 Å². The van der Waals surface area contributed by atoms with Crippen LogP contribution < -0.4 is 4.74 Å². The summed E-state index contributed by atoms with van der Waals surface area (Å²) < 4.78 is 33.6. The molecule has 2 aromatic rings. The molecule has 2 aromatic carbocycles. The lowest BCUT2D eigenvalue weighted by Gasteiger charge is -2.44. The number of hydrogen-bond acceptors (Lipinski definition) is 14. The molecule has 0 unspecified atom stereocenters. The molecule has 5 aliphatic rings. The Kier molecular flexibility index (Phi) is 9.99. The van der Waals surface area contributed by atoms with Gasteiger partial charge in [-0.1, -0.05) is 42.5 Å². The number of phenols is 1. The van der Waals surface area contributed by atoms with Crippen LogP contribution in [0.3, 0.4) is 0 Å². The van der Waals surface area contributed by atoms with E-state index < -0.39 is 91.1 Å². The number of hydrogen-bond donors (Lipinski definition) is 6. The highest BCUT2D eigenvalue weighted by Crippen LogP contribution is 2.55. The minimum atomic E-state index is -1.92. The second kappa shape index (κ2) is 14.0. The normalized spacial score (nSPS) is 37.5. The van der Waals surface area contributed by atoms with E-state index in [2.05, 4.69) is 0 Å². The monoisotopic (exact) mass is 670 g/mol. The third-order valence-corrected chi connectivity index (χ3v) is 9.39. The molecule has 4 heterocycles. The quantitative estimate of drug-likeness (QED) is 0.147. The van der Waals surface area contributed by atoms with E-state index >= 15 is 0 Å². The van der Waals surface area contributed by atoms with Crippen molar-refractivity contribution >= 4 is 23.9 Å². The molecule has 0 radical (unpaired) electrons. The van der Waals surface area contributed by atoms with Crippen LogP contribution in [0.1, 0.15) is 17.5 Å². The molecule has 7 rings (SSSR count). The molecule has 12 atom stereocenters. The Morgan fingerprint density at radius 1 is 0.917 bits per heavy atom. The number of rotatable bonds is 10. The molecule has 4 saturated heterocycles. The van der Waals surface area contributed by atoms with Crippen LogP contribution in [0.5, 0.6) is 11.5 Å². The number of aromatic hydroxyl groups is 1. The van der Waals surface area contributed by atoms with Gasteiger partial charge in [0.2, 0.25) is 0 Å². The lowest BCUT2D eigenvalue weighted by Crippen LogP contribution is -2.61. The largest absolute Gasteiger partial charge is 0.504 e. The molecule has 0 aromatic heterocycles. The first-order chi connectivity index (χ1) is 23.0. The topological polar surface area (TPSA) is 211 Å². The molecule has 258 valence electrons. The van der Waals surface area contributed by atoms with Crippen molar-refractivity contribution in [2.75, 3.05) is 20.3 Å². The Morgan fingerprint density at radius 3 is 2.42 bits per heavy atom. The summed E-state index contributed by atoms with van der Waals surface area (Å²) >= 11 is 0. The molecule has 48 heavy (non-hydrogen) atoms. The zero-order valence-corrected chi connectivity index (χ0v) is 25.8. The molecule has 1 aliphatic carbocycles. The maximum atomic E-state index is 13.4. The van der Waals surface area contributed by atoms with Crippen LogP contribution in [0.2, 0.25) is 0 Å². The Balaban J connectivity index is 1.13. The van der Waals surface area contributed by atoms with Crippen LogP contribution in [-0.4, -0.2) is 118 Å². The van der Waals surface area contributed by atoms with Crippen LogP contribution >= 0.6 is 0 Å². The molecule has 4 aliphatic heterocycles. The van der Waals surface area contributed by atoms with Gasteiger partial charge in [-0.15, -0.1) is 0 Å². The third-order valence-electron chi connectivity index (χ3n) is 9.39. The number of phenolic OH excluding ortho intramolecular Hbond substituents is 1. The second-order valence-corrected chi connectivity index (χ2v) is 12.3. The van der Waals surface area contributed by atoms with Crippen molar-refractivity contribution in [2.24, 2.45) is 17.8 Å². The number of carbonyl (C=O) groups is 2. The van der Waals surface area contributed by atoms with E-state index in [1.54, 1.807) is 24.3 Å². The van der Waals surface area contributed by atoms with Gasteiger partial charge in [-0.2, -0.15) is 0 Å². The van der Waals surface area contributed by atoms with Crippen LogP contribution in [0, 0.1) is 17.8 Å². The summed E-state index contributed by atoms with van der Waals surface area (Å²) in [4.78, 5) is 25.8. The molecular weight excluding hydrogens is 632 g/mol. The summed E-state index contributed by atoms with van der Waals surface area (Å²) in [7, 11) is 1.38. The molecule has 14 nitrogen and oxygen atoms in total. The Hall–Kier alpha value is -3.70. The highest BCUT2D eigenvalue weighted by Gasteiger charge is 2.69. The van der Waals surface area contributed by atoms with E-state index in [0.717, 1.165) is 11.6 Å². The van der Waals surface area contributed by atoms with Crippen LogP contribution in [0.25, 0.3) is 12.2 Å². The molecule has 5 fully saturated rings. The van der Waals surface area contributed by atoms with Gasteiger partial charge >= 0.3 is 5.97 Å². The van der Waals surface area contributed by atoms with Gasteiger partial charge in [-0.05, 0) is 35.4 Å². The number of aliphatic hydroxyl groups excluding tert-OH is 4. The third kappa shape index (κ3) is 6.63. The molecule has 14 heteroatoms. The minimum absolute atomic E-state index is 0.0740. The molecule has 1 saturated carbocycles. The summed E-state index contributed by atoms with van der Waals surface area (Å²) in [5.41, 5.74) is -0.634. The number of carbonyl (C=O) groups excluding carboxylic acids is 2. The second-order valence-electron chi connectivity index (χ2n) is 12.3. The summed E-state index contributed by atoms with van der Waals surface area (Å²) in [6.45, 7) is -0.868. The number of aliphatic hydroxyl groups is 5. The summed E-state index contributed by atoms with van der Waals surface area (Å²) in [5, 5.41) is 64.9. The maximum absolute atomic E-state index is 13.4. The van der Waals surface area contributed by atoms with E-state index in [1.165, 1.54) is 31.4 Å². The molecule has 0 spiro atoms. The van der Waals surface area contributed by atoms with E-state index in [-0.39, 0.29) is 24.5 Å². The number of esters is 1. The summed E-state index contributed by atoms with van der Waals surface area (Å²) in [6.07, 6.45) is -6.19. The standard InChI is InChI=1S/C34H38O14/c1-43-22-13-18(8-10-20(22)35)9-12-24(37)44-15-23-29(39)30(40)31(41)33(46-23)48-32-26-19-14-25(47-32)45-16-34(26,42)27(28(19)38)21(36)11-7-17-5-3-2-4-6-17/h2-13,19,23,25-33,35,38-42H,14-16H2,1H3/b11-7+,12-9+/t19-,23-,25-,26-,27-,28+,29-,30+,31-,32+,33+,34-/m1/s1. The smallest absolute Gasteiger partial charge is 0.330 e. The van der Waals surface area contributed by atoms with Crippen molar-refractivity contribution in [1.82, 2.24) is 0 Å². The first-order valence-corrected chi connectivity index (χ1v) is 15.5. The maximum Gasteiger partial charge on any atom is 0.330 e. The number of ketones is 1. The van der Waals surface area contributed by atoms with Gasteiger partial charge in [0.15, 0.2) is 36.2 Å². The first-order valence-electron chi connectivity index (χ1n) is 15.5. The molecule has 0 amide bonds. The number of methoxy groups -OCH3 is 1. The van der Waals surface area contributed by atoms with E-state index in [9.17, 15) is 40.2 Å². The average molecular weight is 671 g/mol. The van der Waals surface area contributed by atoms with E-state index in [4.69, 9.17) is 28.4 Å². The predicted octanol–water partition coefficient (Wildman–Crippen LogP) is 0.121. The Bertz CT molecular complexity index is 1530. The van der Waals surface area contributed by atoms with Crippen molar-refractivity contribution < 1.29 is 68.6 Å². The van der Waals surface area contributed by atoms with E-state index in [1.807, 2.05) is 18.2 Å². The van der Waals surface area contributed by atoms with Gasteiger partial charge in [0.05, 0.1) is 25.7 Å². The van der Waals surface area contributed by atoms with Gasteiger partial charge in [0.1, 0.15) is 36.6 Å². The lowest BCUT2D eigenvalue weighted by atomic mass is 9.80. The zero-order chi connectivity index (χ0) is 34.2. The average Bonchev–Trinajstić information content (AvgIpc) is 3.16. The molecular formula is C34H38O14. The van der Waals surface area contributed by atoms with Crippen molar-refractivity contribution in [1.29, 1.82) is 0 Å². The summed E-state index contributed by atoms with van der Waals surface area (Å²) in [6, 6.07) is 13.5. The van der Waals surface area contributed by atoms with Crippen LogP contribution in [-0.2, 0) is 33.3 Å². The van der Waals surface area contributed by atoms with Gasteiger partial charge < -0.3 is 59.1 Å². The lowest BCUT2D eigenvalue weighted by molar-refractivity contribution is -0.371. The van der Waals surface area contributed by atoms with Crippen molar-refractivity contribution in [2.45, 2.75) is 61.4 Å². The van der Waals surface area contributed by atoms with E-state index in [0.29, 0.717) is 5.56 Å². The van der Waals surface area contributed by atoms with Crippen LogP contribution in [0.4, 0.5) is 0 Å². The van der Waals surface area contributed by atoms with Crippen molar-refractivity contribution in [3.05, 3.63) is 71.8 Å². The fourth-order valence-corrected chi connectivity index (χ4v) is 6.94. The molecule has 4 bridgehead atoms. The highest BCUT2D eigenvalue weighted by molar-refractivity contribution is 5.97. The summed E-state index contributed by atoms with van der Waals surface area (Å²) in [5.74, 6) is -4.15. The zero-order valence-electron chi connectivity index (χ0n) is 25.8. The van der Waals surface area contributed by atoms with Crippen molar-refractivity contribution in [3.63, 3.8) is 0 Å². The number of fused-ring (bicyclic) bond motifs is 2. The fraction of sp³-hybridized carbons (Fsp3) is 0.471. The number of allylic oxidation sites excluding steroid dienone is 1. The SMILES string of the molecule is COc1cc(/C=C/C(=O)OC[C@H]2O[C@@H](O[C@@H]3O[C@@H]4C[C@H]5[C@H](O)[C@@H](C(=O)/C=C/c6ccccc6)[C@@](O)(CO4)[C@@H]35)[C@H](O)[C@@H](O)[C@@H]2O)ccc1O. The van der Waals surface area contributed by atoms with Crippen molar-refractivity contribution in [3.8, 4) is 11.5 Å². The molecule has 6 N–H and O–H groups in total. The van der Waals surface area contributed by atoms with Gasteiger partial charge in [0, 0.05) is 24.3 Å². The van der Waals surface area contributed by atoms with Gasteiger partial charge in [-0.25, -0.2) is 4.79 Å². The Morgan fingerprint density at radius 2 is 1.67 bits per heavy atom. The first kappa shape index (κ1) is 34.2. The fourth-order valence-electron chi connectivity index (χ4n) is 6.94. The minimum Gasteiger partial charge on any atom is -0.504 e. The van der Waals surface area contributed by atoms with Gasteiger partial charge in [-0.3, -0.25) is 4.79 Å². The Labute approximate surface area is 275 Å². The predicted molar refractivity (Wildman–Crippen MR) is 164 cm³/mol. The number of benzene rings is 2. The highest BCUT2D eigenvalue weighted by atomic mass is 16.8. The number of ether oxygens (including phenoxy) is 6. The van der Waals surface area contributed by atoms with Gasteiger partial charge in [0.25, 0.3) is 0 Å².